The molecule has 0 bridgehead atoms. The van der Waals surface area contributed by atoms with Crippen molar-refractivity contribution in [1.82, 2.24) is 0 Å². The number of halogens is 1. The molecular weight excluding hydrogens is 293 g/mol. The normalized spacial score (nSPS) is 12.2. The third-order valence-corrected chi connectivity index (χ3v) is 4.00. The molecular formula is C19H18FNO2. The van der Waals surface area contributed by atoms with E-state index in [-0.39, 0.29) is 5.82 Å². The molecule has 1 unspecified atom stereocenters. The summed E-state index contributed by atoms with van der Waals surface area (Å²) in [6, 6.07) is 16.1. The zero-order valence-corrected chi connectivity index (χ0v) is 13.0. The third kappa shape index (κ3) is 2.73. The molecule has 0 aliphatic rings. The fourth-order valence-electron chi connectivity index (χ4n) is 2.81. The summed E-state index contributed by atoms with van der Waals surface area (Å²) < 4.78 is 19.1. The number of aliphatic hydroxyl groups is 1. The van der Waals surface area contributed by atoms with Gasteiger partial charge in [-0.15, -0.1) is 0 Å². The van der Waals surface area contributed by atoms with Crippen molar-refractivity contribution >= 4 is 16.5 Å². The minimum Gasteiger partial charge on any atom is -0.496 e. The number of hydrogen-bond acceptors (Lipinski definition) is 3. The van der Waals surface area contributed by atoms with Gasteiger partial charge in [0, 0.05) is 12.6 Å². The van der Waals surface area contributed by atoms with Gasteiger partial charge in [0.15, 0.2) is 0 Å². The second-order valence-corrected chi connectivity index (χ2v) is 5.29. The van der Waals surface area contributed by atoms with Gasteiger partial charge in [-0.1, -0.05) is 36.4 Å². The molecule has 0 saturated carbocycles. The Hall–Kier alpha value is -2.59. The number of benzene rings is 3. The van der Waals surface area contributed by atoms with Crippen molar-refractivity contribution in [3.8, 4) is 5.75 Å². The molecule has 0 aliphatic heterocycles. The molecule has 23 heavy (non-hydrogen) atoms. The Morgan fingerprint density at radius 1 is 1.09 bits per heavy atom. The van der Waals surface area contributed by atoms with Crippen LogP contribution in [0.3, 0.4) is 0 Å². The number of ether oxygens (including phenoxy) is 1. The van der Waals surface area contributed by atoms with Crippen LogP contribution in [0.15, 0.2) is 54.6 Å². The highest BCUT2D eigenvalue weighted by Crippen LogP contribution is 2.37. The molecule has 3 rings (SSSR count). The number of methoxy groups -OCH3 is 1. The van der Waals surface area contributed by atoms with E-state index in [9.17, 15) is 9.50 Å². The van der Waals surface area contributed by atoms with Crippen LogP contribution in [0.5, 0.6) is 5.75 Å². The first-order valence-electron chi connectivity index (χ1n) is 7.36. The molecule has 0 aromatic heterocycles. The van der Waals surface area contributed by atoms with Gasteiger partial charge in [0.2, 0.25) is 0 Å². The van der Waals surface area contributed by atoms with Gasteiger partial charge in [0.05, 0.1) is 12.8 Å². The standard InChI is InChI=1S/C19H18FNO2/c1-21-16-11-13(7-9-15(16)20)19(22)18-14-6-4-3-5-12(14)8-10-17(18)23-2/h3-11,19,21-22H,1-2H3. The van der Waals surface area contributed by atoms with Crippen LogP contribution in [0.25, 0.3) is 10.8 Å². The SMILES string of the molecule is CNc1cc(C(O)c2c(OC)ccc3ccccc23)ccc1F. The minimum absolute atomic E-state index is 0.348. The Bertz CT molecular complexity index is 848. The average molecular weight is 311 g/mol. The monoisotopic (exact) mass is 311 g/mol. The highest BCUT2D eigenvalue weighted by molar-refractivity contribution is 5.88. The highest BCUT2D eigenvalue weighted by Gasteiger charge is 2.19. The summed E-state index contributed by atoms with van der Waals surface area (Å²) in [5.74, 6) is 0.250. The van der Waals surface area contributed by atoms with E-state index in [2.05, 4.69) is 5.32 Å². The van der Waals surface area contributed by atoms with Crippen molar-refractivity contribution in [3.63, 3.8) is 0 Å². The zero-order valence-electron chi connectivity index (χ0n) is 13.0. The average Bonchev–Trinajstić information content (AvgIpc) is 2.60. The Kier molecular flexibility index (Phi) is 4.17. The van der Waals surface area contributed by atoms with Crippen molar-refractivity contribution in [1.29, 1.82) is 0 Å². The van der Waals surface area contributed by atoms with E-state index in [4.69, 9.17) is 4.74 Å². The van der Waals surface area contributed by atoms with Crippen molar-refractivity contribution in [2.45, 2.75) is 6.10 Å². The molecule has 2 N–H and O–H groups in total. The summed E-state index contributed by atoms with van der Waals surface area (Å²) in [6.07, 6.45) is -0.913. The van der Waals surface area contributed by atoms with Crippen LogP contribution in [0.4, 0.5) is 10.1 Å². The lowest BCUT2D eigenvalue weighted by atomic mass is 9.94. The number of hydrogen-bond donors (Lipinski definition) is 2. The molecule has 1 atom stereocenters. The smallest absolute Gasteiger partial charge is 0.146 e. The van der Waals surface area contributed by atoms with Crippen LogP contribution in [0, 0.1) is 5.82 Å². The highest BCUT2D eigenvalue weighted by atomic mass is 19.1. The fraction of sp³-hybridized carbons (Fsp3) is 0.158. The predicted molar refractivity (Wildman–Crippen MR) is 90.5 cm³/mol. The largest absolute Gasteiger partial charge is 0.496 e. The number of nitrogens with one attached hydrogen (secondary N) is 1. The van der Waals surface area contributed by atoms with E-state index >= 15 is 0 Å². The molecule has 4 heteroatoms. The topological polar surface area (TPSA) is 41.5 Å². The second kappa shape index (κ2) is 6.26. The van der Waals surface area contributed by atoms with Crippen molar-refractivity contribution in [2.24, 2.45) is 0 Å². The lowest BCUT2D eigenvalue weighted by Crippen LogP contribution is -2.05. The van der Waals surface area contributed by atoms with E-state index in [1.807, 2.05) is 36.4 Å². The van der Waals surface area contributed by atoms with Gasteiger partial charge >= 0.3 is 0 Å². The summed E-state index contributed by atoms with van der Waals surface area (Å²) in [5, 5.41) is 15.6. The summed E-state index contributed by atoms with van der Waals surface area (Å²) in [7, 11) is 3.22. The lowest BCUT2D eigenvalue weighted by molar-refractivity contribution is 0.216. The summed E-state index contributed by atoms with van der Waals surface area (Å²) in [4.78, 5) is 0. The molecule has 118 valence electrons. The van der Waals surface area contributed by atoms with Gasteiger partial charge in [-0.05, 0) is 34.5 Å². The van der Waals surface area contributed by atoms with Gasteiger partial charge in [0.1, 0.15) is 17.7 Å². The van der Waals surface area contributed by atoms with Crippen LogP contribution < -0.4 is 10.1 Å². The molecule has 0 aliphatic carbocycles. The molecule has 0 fully saturated rings. The third-order valence-electron chi connectivity index (χ3n) is 4.00. The van der Waals surface area contributed by atoms with E-state index in [0.29, 0.717) is 22.6 Å². The van der Waals surface area contributed by atoms with Gasteiger partial charge in [-0.2, -0.15) is 0 Å². The molecule has 3 aromatic rings. The van der Waals surface area contributed by atoms with E-state index < -0.39 is 6.10 Å². The minimum atomic E-state index is -0.913. The van der Waals surface area contributed by atoms with E-state index in [1.54, 1.807) is 26.3 Å². The molecule has 3 nitrogen and oxygen atoms in total. The van der Waals surface area contributed by atoms with Crippen molar-refractivity contribution < 1.29 is 14.2 Å². The maximum atomic E-state index is 13.7. The van der Waals surface area contributed by atoms with E-state index in [0.717, 1.165) is 10.8 Å². The first-order valence-corrected chi connectivity index (χ1v) is 7.36. The quantitative estimate of drug-likeness (QED) is 0.762. The molecule has 3 aromatic carbocycles. The lowest BCUT2D eigenvalue weighted by Gasteiger charge is -2.18. The molecule has 0 heterocycles. The van der Waals surface area contributed by atoms with Gasteiger partial charge in [-0.3, -0.25) is 0 Å². The Morgan fingerprint density at radius 3 is 2.61 bits per heavy atom. The summed E-state index contributed by atoms with van der Waals surface area (Å²) in [6.45, 7) is 0. The number of anilines is 1. The Morgan fingerprint density at radius 2 is 1.87 bits per heavy atom. The molecule has 0 spiro atoms. The second-order valence-electron chi connectivity index (χ2n) is 5.29. The van der Waals surface area contributed by atoms with Crippen LogP contribution in [0.2, 0.25) is 0 Å². The van der Waals surface area contributed by atoms with E-state index in [1.165, 1.54) is 6.07 Å². The van der Waals surface area contributed by atoms with Crippen molar-refractivity contribution in [3.05, 3.63) is 71.5 Å². The molecule has 0 radical (unpaired) electrons. The number of rotatable bonds is 4. The van der Waals surface area contributed by atoms with Crippen LogP contribution in [-0.2, 0) is 0 Å². The summed E-state index contributed by atoms with van der Waals surface area (Å²) in [5.41, 5.74) is 1.63. The first-order chi connectivity index (χ1) is 11.2. The van der Waals surface area contributed by atoms with Gasteiger partial charge in [0.25, 0.3) is 0 Å². The van der Waals surface area contributed by atoms with Crippen LogP contribution in [0.1, 0.15) is 17.2 Å². The zero-order chi connectivity index (χ0) is 16.4. The molecule has 0 amide bonds. The first kappa shape index (κ1) is 15.3. The Balaban J connectivity index is 2.18. The maximum absolute atomic E-state index is 13.7. The number of aliphatic hydroxyl groups excluding tert-OH is 1. The molecule has 0 saturated heterocycles. The van der Waals surface area contributed by atoms with Gasteiger partial charge in [-0.25, -0.2) is 4.39 Å². The van der Waals surface area contributed by atoms with Gasteiger partial charge < -0.3 is 15.2 Å². The van der Waals surface area contributed by atoms with Crippen molar-refractivity contribution in [2.75, 3.05) is 19.5 Å². The maximum Gasteiger partial charge on any atom is 0.146 e. The van der Waals surface area contributed by atoms with Crippen LogP contribution >= 0.6 is 0 Å². The fourth-order valence-corrected chi connectivity index (χ4v) is 2.81. The predicted octanol–water partition coefficient (Wildman–Crippen LogP) is 4.11. The summed E-state index contributed by atoms with van der Waals surface area (Å²) >= 11 is 0. The Labute approximate surface area is 134 Å². The number of fused-ring (bicyclic) bond motifs is 1. The van der Waals surface area contributed by atoms with Crippen LogP contribution in [-0.4, -0.2) is 19.3 Å².